The van der Waals surface area contributed by atoms with E-state index in [2.05, 4.69) is 25.3 Å². The van der Waals surface area contributed by atoms with Crippen LogP contribution in [0, 0.1) is 0 Å². The van der Waals surface area contributed by atoms with Gasteiger partial charge in [-0.1, -0.05) is 0 Å². The van der Waals surface area contributed by atoms with Gasteiger partial charge in [-0.15, -0.1) is 0 Å². The Bertz CT molecular complexity index is 1390. The molecule has 3 N–H and O–H groups in total. The van der Waals surface area contributed by atoms with E-state index in [1.54, 1.807) is 0 Å². The van der Waals surface area contributed by atoms with Crippen LogP contribution < -0.4 is 16.6 Å². The van der Waals surface area contributed by atoms with Crippen LogP contribution in [0.3, 0.4) is 0 Å². The normalized spacial score (nSPS) is 12.4. The first-order chi connectivity index (χ1) is 16.2. The van der Waals surface area contributed by atoms with E-state index < -0.39 is 35.1 Å². The zero-order chi connectivity index (χ0) is 24.5. The Morgan fingerprint density at radius 3 is 2.56 bits per heavy atom. The van der Waals surface area contributed by atoms with Crippen LogP contribution in [0.25, 0.3) is 22.6 Å². The molecule has 1 unspecified atom stereocenters. The number of rotatable bonds is 5. The summed E-state index contributed by atoms with van der Waals surface area (Å²) in [5, 5.41) is 2.25. The largest absolute Gasteiger partial charge is 0.444 e. The molecule has 0 aromatic carbocycles. The van der Waals surface area contributed by atoms with Gasteiger partial charge in [-0.05, 0) is 6.07 Å². The van der Waals surface area contributed by atoms with Crippen molar-refractivity contribution in [1.29, 1.82) is 0 Å². The van der Waals surface area contributed by atoms with Crippen molar-refractivity contribution in [3.05, 3.63) is 82.9 Å². The van der Waals surface area contributed by atoms with Crippen molar-refractivity contribution in [3.63, 3.8) is 0 Å². The third kappa shape index (κ3) is 4.41. The van der Waals surface area contributed by atoms with Crippen molar-refractivity contribution in [1.82, 2.24) is 29.8 Å². The molecule has 13 heteroatoms. The van der Waals surface area contributed by atoms with E-state index in [0.717, 1.165) is 18.7 Å². The van der Waals surface area contributed by atoms with Gasteiger partial charge >= 0.3 is 6.18 Å². The minimum atomic E-state index is -4.96. The van der Waals surface area contributed by atoms with E-state index >= 15 is 0 Å². The third-order valence-corrected chi connectivity index (χ3v) is 4.81. The highest BCUT2D eigenvalue weighted by Gasteiger charge is 2.41. The highest BCUT2D eigenvalue weighted by Crippen LogP contribution is 2.44. The molecular formula is C21H16F3N7O3. The first-order valence-corrected chi connectivity index (χ1v) is 9.66. The summed E-state index contributed by atoms with van der Waals surface area (Å²) in [7, 11) is 1.46. The number of nitrogens with zero attached hydrogens (tertiary/aromatic N) is 5. The Morgan fingerprint density at radius 2 is 1.94 bits per heavy atom. The number of oxazole rings is 1. The summed E-state index contributed by atoms with van der Waals surface area (Å²) in [5.74, 6) is -1.18. The first-order valence-electron chi connectivity index (χ1n) is 9.66. The molecule has 4 aromatic rings. The summed E-state index contributed by atoms with van der Waals surface area (Å²) in [6.45, 7) is 0. The maximum Gasteiger partial charge on any atom is 0.419 e. The second-order valence-corrected chi connectivity index (χ2v) is 7.05. The molecule has 0 aliphatic heterocycles. The number of pyridine rings is 2. The molecule has 1 amide bonds. The van der Waals surface area contributed by atoms with Gasteiger partial charge in [-0.3, -0.25) is 19.6 Å². The summed E-state index contributed by atoms with van der Waals surface area (Å²) < 4.78 is 49.6. The number of amides is 1. The minimum Gasteiger partial charge on any atom is -0.444 e. The Kier molecular flexibility index (Phi) is 5.94. The predicted molar refractivity (Wildman–Crippen MR) is 112 cm³/mol. The number of nitrogens with two attached hydrogens (primary N) is 1. The highest BCUT2D eigenvalue weighted by atomic mass is 19.4. The Morgan fingerprint density at radius 1 is 1.15 bits per heavy atom. The lowest BCUT2D eigenvalue weighted by atomic mass is 9.95. The maximum atomic E-state index is 14.4. The van der Waals surface area contributed by atoms with Gasteiger partial charge in [0, 0.05) is 49.0 Å². The summed E-state index contributed by atoms with van der Waals surface area (Å²) in [6, 6.07) is 2.57. The fourth-order valence-electron chi connectivity index (χ4n) is 3.29. The average Bonchev–Trinajstić information content (AvgIpc) is 3.34. The van der Waals surface area contributed by atoms with E-state index in [-0.39, 0.29) is 28.3 Å². The molecule has 4 heterocycles. The summed E-state index contributed by atoms with van der Waals surface area (Å²) in [6.07, 6.45) is 1.93. The van der Waals surface area contributed by atoms with Crippen molar-refractivity contribution in [3.8, 4) is 22.6 Å². The standard InChI is InChI=1S/C21H16F3N7O3/c1-31-10-11(2-3-14(31)32)12-8-29-17(18(25)30-19(33)13-9-26-4-5-27-13)16(21(22,23)24)15(12)20-28-6-7-34-20/h2-10,18H,25H2,1H3,(H,30,33). The molecule has 0 aliphatic carbocycles. The second kappa shape index (κ2) is 8.86. The number of nitrogens with one attached hydrogen (secondary N) is 1. The Labute approximate surface area is 189 Å². The number of carbonyl (C=O) groups is 1. The highest BCUT2D eigenvalue weighted by molar-refractivity contribution is 5.92. The van der Waals surface area contributed by atoms with Crippen LogP contribution in [0.15, 0.2) is 64.8 Å². The number of hydrogen-bond donors (Lipinski definition) is 2. The molecule has 10 nitrogen and oxygen atoms in total. The van der Waals surface area contributed by atoms with Crippen molar-refractivity contribution in [2.24, 2.45) is 12.8 Å². The number of aryl methyl sites for hydroxylation is 1. The molecule has 1 atom stereocenters. The number of aromatic nitrogens is 5. The molecule has 0 saturated carbocycles. The lowest BCUT2D eigenvalue weighted by Gasteiger charge is -2.22. The monoisotopic (exact) mass is 471 g/mol. The number of carbonyl (C=O) groups excluding carboxylic acids is 1. The van der Waals surface area contributed by atoms with Crippen LogP contribution >= 0.6 is 0 Å². The van der Waals surface area contributed by atoms with Crippen LogP contribution in [-0.2, 0) is 13.2 Å². The molecule has 0 fully saturated rings. The van der Waals surface area contributed by atoms with Gasteiger partial charge in [0.25, 0.3) is 5.91 Å². The maximum absolute atomic E-state index is 14.4. The van der Waals surface area contributed by atoms with E-state index in [0.29, 0.717) is 0 Å². The van der Waals surface area contributed by atoms with Gasteiger partial charge in [-0.2, -0.15) is 13.2 Å². The van der Waals surface area contributed by atoms with Crippen molar-refractivity contribution in [2.75, 3.05) is 0 Å². The first kappa shape index (κ1) is 22.8. The quantitative estimate of drug-likeness (QED) is 0.422. The molecule has 0 saturated heterocycles. The average molecular weight is 471 g/mol. The van der Waals surface area contributed by atoms with Crippen molar-refractivity contribution >= 4 is 5.91 Å². The number of halogens is 3. The molecular weight excluding hydrogens is 455 g/mol. The molecule has 0 radical (unpaired) electrons. The molecule has 174 valence electrons. The van der Waals surface area contributed by atoms with Gasteiger partial charge < -0.3 is 20.0 Å². The van der Waals surface area contributed by atoms with E-state index in [9.17, 15) is 22.8 Å². The van der Waals surface area contributed by atoms with Gasteiger partial charge in [0.15, 0.2) is 0 Å². The van der Waals surface area contributed by atoms with Gasteiger partial charge in [-0.25, -0.2) is 9.97 Å². The van der Waals surface area contributed by atoms with Crippen molar-refractivity contribution < 1.29 is 22.4 Å². The predicted octanol–water partition coefficient (Wildman–Crippen LogP) is 2.30. The third-order valence-electron chi connectivity index (χ3n) is 4.81. The zero-order valence-electron chi connectivity index (χ0n) is 17.4. The molecule has 0 aliphatic rings. The van der Waals surface area contributed by atoms with Gasteiger partial charge in [0.1, 0.15) is 18.1 Å². The van der Waals surface area contributed by atoms with Crippen LogP contribution in [0.5, 0.6) is 0 Å². The van der Waals surface area contributed by atoms with Crippen LogP contribution in [-0.4, -0.2) is 30.4 Å². The van der Waals surface area contributed by atoms with Gasteiger partial charge in [0.05, 0.1) is 29.2 Å². The van der Waals surface area contributed by atoms with E-state index in [1.165, 1.54) is 48.5 Å². The van der Waals surface area contributed by atoms with E-state index in [1.807, 2.05) is 0 Å². The Hall–Kier alpha value is -4.39. The number of hydrogen-bond acceptors (Lipinski definition) is 8. The van der Waals surface area contributed by atoms with E-state index in [4.69, 9.17) is 10.2 Å². The summed E-state index contributed by atoms with van der Waals surface area (Å²) in [4.78, 5) is 39.5. The zero-order valence-corrected chi connectivity index (χ0v) is 17.4. The molecule has 4 aromatic heterocycles. The van der Waals surface area contributed by atoms with Gasteiger partial charge in [0.2, 0.25) is 11.4 Å². The Balaban J connectivity index is 1.90. The molecule has 0 bridgehead atoms. The molecule has 34 heavy (non-hydrogen) atoms. The number of alkyl halides is 3. The van der Waals surface area contributed by atoms with Crippen LogP contribution in [0.4, 0.5) is 13.2 Å². The van der Waals surface area contributed by atoms with Crippen LogP contribution in [0.2, 0.25) is 0 Å². The molecule has 0 spiro atoms. The lowest BCUT2D eigenvalue weighted by molar-refractivity contribution is -0.138. The smallest absolute Gasteiger partial charge is 0.419 e. The molecule has 4 rings (SSSR count). The lowest BCUT2D eigenvalue weighted by Crippen LogP contribution is -2.37. The topological polar surface area (TPSA) is 142 Å². The second-order valence-electron chi connectivity index (χ2n) is 7.05. The van der Waals surface area contributed by atoms with Crippen molar-refractivity contribution in [2.45, 2.75) is 12.3 Å². The fourth-order valence-corrected chi connectivity index (χ4v) is 3.29. The summed E-state index contributed by atoms with van der Waals surface area (Å²) in [5.41, 5.74) is 3.38. The summed E-state index contributed by atoms with van der Waals surface area (Å²) >= 11 is 0. The SMILES string of the molecule is Cn1cc(-c2cnc(C(N)NC(=O)c3cnccn3)c(C(F)(F)F)c2-c2ncco2)ccc1=O. The fraction of sp³-hybridized carbons (Fsp3) is 0.143. The van der Waals surface area contributed by atoms with Crippen LogP contribution in [0.1, 0.15) is 27.9 Å². The minimum absolute atomic E-state index is 0.00146.